The van der Waals surface area contributed by atoms with E-state index in [1.165, 1.54) is 23.4 Å². The highest BCUT2D eigenvalue weighted by Crippen LogP contribution is 2.12. The monoisotopic (exact) mass is 257 g/mol. The van der Waals surface area contributed by atoms with E-state index in [0.29, 0.717) is 0 Å². The lowest BCUT2D eigenvalue weighted by atomic mass is 10.4. The third-order valence-corrected chi connectivity index (χ3v) is 2.52. The van der Waals surface area contributed by atoms with Crippen molar-refractivity contribution in [2.45, 2.75) is 5.09 Å². The zero-order valence-corrected chi connectivity index (χ0v) is 9.09. The number of primary sulfonamides is 1. The predicted octanol–water partition coefficient (Wildman–Crippen LogP) is -1.10. The van der Waals surface area contributed by atoms with Crippen LogP contribution in [-0.2, 0) is 10.0 Å². The molecule has 10 heteroatoms. The topological polar surface area (TPSA) is 133 Å². The van der Waals surface area contributed by atoms with Gasteiger partial charge in [0.15, 0.2) is 5.76 Å². The van der Waals surface area contributed by atoms with E-state index in [1.54, 1.807) is 0 Å². The van der Waals surface area contributed by atoms with Gasteiger partial charge in [0.2, 0.25) is 5.09 Å². The molecule has 9 nitrogen and oxygen atoms in total. The molecule has 0 spiro atoms. The lowest BCUT2D eigenvalue weighted by Crippen LogP contribution is -2.21. The fraction of sp³-hybridized carbons (Fsp3) is 0. The molecule has 0 aliphatic heterocycles. The summed E-state index contributed by atoms with van der Waals surface area (Å²) in [5, 5.41) is 11.3. The molecule has 3 N–H and O–H groups in total. The number of nitrogens with one attached hydrogen (secondary N) is 1. The van der Waals surface area contributed by atoms with Gasteiger partial charge in [-0.2, -0.15) is 0 Å². The summed E-state index contributed by atoms with van der Waals surface area (Å²) >= 11 is 0. The van der Waals surface area contributed by atoms with Crippen molar-refractivity contribution in [2.75, 3.05) is 5.43 Å². The second-order valence-corrected chi connectivity index (χ2v) is 4.47. The second-order valence-electron chi connectivity index (χ2n) is 2.97. The summed E-state index contributed by atoms with van der Waals surface area (Å²) in [6.45, 7) is 0. The predicted molar refractivity (Wildman–Crippen MR) is 53.8 cm³/mol. The number of furan rings is 1. The van der Waals surface area contributed by atoms with E-state index in [-0.39, 0.29) is 5.76 Å². The standard InChI is InChI=1S/C7H7N5O4S/c8-17(14,15)6-2-1-5(16-6)7(13)11-12-3-9-10-4-12/h1-4H,(H,11,13)(H2,8,14,15). The van der Waals surface area contributed by atoms with E-state index in [2.05, 4.69) is 15.6 Å². The molecule has 2 aromatic rings. The molecule has 0 atom stereocenters. The highest BCUT2D eigenvalue weighted by atomic mass is 32.2. The van der Waals surface area contributed by atoms with Crippen molar-refractivity contribution in [3.63, 3.8) is 0 Å². The normalized spacial score (nSPS) is 11.4. The van der Waals surface area contributed by atoms with Crippen LogP contribution in [-0.4, -0.2) is 29.2 Å². The number of carbonyl (C=O) groups is 1. The number of hydrogen-bond acceptors (Lipinski definition) is 6. The SMILES string of the molecule is NS(=O)(=O)c1ccc(C(=O)Nn2cnnc2)o1. The summed E-state index contributed by atoms with van der Waals surface area (Å²) in [6.07, 6.45) is 2.50. The van der Waals surface area contributed by atoms with Gasteiger partial charge < -0.3 is 4.42 Å². The molecule has 0 bridgehead atoms. The lowest BCUT2D eigenvalue weighted by Gasteiger charge is -2.00. The van der Waals surface area contributed by atoms with Crippen molar-refractivity contribution < 1.29 is 17.6 Å². The van der Waals surface area contributed by atoms with E-state index in [9.17, 15) is 13.2 Å². The summed E-state index contributed by atoms with van der Waals surface area (Å²) in [6, 6.07) is 2.29. The van der Waals surface area contributed by atoms with Crippen molar-refractivity contribution in [2.24, 2.45) is 5.14 Å². The number of nitrogens with zero attached hydrogens (tertiary/aromatic N) is 3. The van der Waals surface area contributed by atoms with E-state index >= 15 is 0 Å². The molecule has 0 saturated carbocycles. The van der Waals surface area contributed by atoms with E-state index in [1.807, 2.05) is 0 Å². The highest BCUT2D eigenvalue weighted by Gasteiger charge is 2.17. The molecule has 17 heavy (non-hydrogen) atoms. The van der Waals surface area contributed by atoms with Gasteiger partial charge in [-0.1, -0.05) is 0 Å². The number of amides is 1. The van der Waals surface area contributed by atoms with Crippen LogP contribution < -0.4 is 10.6 Å². The molecule has 0 aliphatic rings. The molecule has 90 valence electrons. The third kappa shape index (κ3) is 2.49. The van der Waals surface area contributed by atoms with Crippen LogP contribution >= 0.6 is 0 Å². The lowest BCUT2D eigenvalue weighted by molar-refractivity contribution is 0.0976. The maximum atomic E-state index is 11.5. The Kier molecular flexibility index (Phi) is 2.65. The number of carbonyl (C=O) groups excluding carboxylic acids is 1. The van der Waals surface area contributed by atoms with Crippen molar-refractivity contribution in [3.05, 3.63) is 30.5 Å². The Morgan fingerprint density at radius 3 is 2.53 bits per heavy atom. The van der Waals surface area contributed by atoms with Gasteiger partial charge >= 0.3 is 5.91 Å². The summed E-state index contributed by atoms with van der Waals surface area (Å²) in [5.74, 6) is -0.845. The minimum atomic E-state index is -3.96. The smallest absolute Gasteiger partial charge is 0.305 e. The molecular weight excluding hydrogens is 250 g/mol. The minimum Gasteiger partial charge on any atom is -0.438 e. The van der Waals surface area contributed by atoms with Crippen LogP contribution in [0.2, 0.25) is 0 Å². The zero-order valence-electron chi connectivity index (χ0n) is 8.27. The maximum Gasteiger partial charge on any atom is 0.305 e. The molecule has 0 aromatic carbocycles. The number of hydrogen-bond donors (Lipinski definition) is 2. The average molecular weight is 257 g/mol. The Labute approximate surface area is 95.3 Å². The van der Waals surface area contributed by atoms with Crippen LogP contribution in [0.5, 0.6) is 0 Å². The molecule has 0 saturated heterocycles. The van der Waals surface area contributed by atoms with Crippen LogP contribution in [0.25, 0.3) is 0 Å². The average Bonchev–Trinajstić information content (AvgIpc) is 2.85. The molecular formula is C7H7N5O4S. The van der Waals surface area contributed by atoms with Gasteiger partial charge in [-0.15, -0.1) is 10.2 Å². The maximum absolute atomic E-state index is 11.5. The van der Waals surface area contributed by atoms with Gasteiger partial charge in [-0.25, -0.2) is 18.2 Å². The summed E-state index contributed by atoms with van der Waals surface area (Å²) in [5.41, 5.74) is 2.33. The molecule has 0 aliphatic carbocycles. The first-order valence-electron chi connectivity index (χ1n) is 4.25. The zero-order chi connectivity index (χ0) is 12.5. The van der Waals surface area contributed by atoms with Crippen LogP contribution in [0, 0.1) is 0 Å². The number of aromatic nitrogens is 3. The Bertz CT molecular complexity index is 629. The molecule has 0 radical (unpaired) electrons. The summed E-state index contributed by atoms with van der Waals surface area (Å²) in [7, 11) is -3.96. The molecule has 2 heterocycles. The largest absolute Gasteiger partial charge is 0.438 e. The Morgan fingerprint density at radius 2 is 2.00 bits per heavy atom. The van der Waals surface area contributed by atoms with Crippen LogP contribution in [0.15, 0.2) is 34.3 Å². The van der Waals surface area contributed by atoms with Gasteiger partial charge in [-0.3, -0.25) is 10.2 Å². The van der Waals surface area contributed by atoms with Crippen LogP contribution in [0.4, 0.5) is 0 Å². The first-order chi connectivity index (χ1) is 7.97. The molecule has 2 rings (SSSR count). The number of rotatable bonds is 3. The van der Waals surface area contributed by atoms with E-state index in [4.69, 9.17) is 9.56 Å². The Morgan fingerprint density at radius 1 is 1.35 bits per heavy atom. The summed E-state index contributed by atoms with van der Waals surface area (Å²) in [4.78, 5) is 11.5. The number of nitrogens with two attached hydrogens (primary N) is 1. The van der Waals surface area contributed by atoms with Crippen molar-refractivity contribution in [1.29, 1.82) is 0 Å². The minimum absolute atomic E-state index is 0.192. The Hall–Kier alpha value is -2.20. The van der Waals surface area contributed by atoms with Crippen LogP contribution in [0.3, 0.4) is 0 Å². The molecule has 1 amide bonds. The summed E-state index contributed by atoms with van der Waals surface area (Å²) < 4.78 is 27.8. The first-order valence-corrected chi connectivity index (χ1v) is 5.80. The van der Waals surface area contributed by atoms with Crippen molar-refractivity contribution in [1.82, 2.24) is 14.9 Å². The van der Waals surface area contributed by atoms with E-state index < -0.39 is 21.0 Å². The van der Waals surface area contributed by atoms with Gasteiger partial charge in [0.25, 0.3) is 10.0 Å². The fourth-order valence-electron chi connectivity index (χ4n) is 1.03. The molecule has 0 unspecified atom stereocenters. The van der Waals surface area contributed by atoms with Gasteiger partial charge in [0.05, 0.1) is 0 Å². The van der Waals surface area contributed by atoms with Crippen molar-refractivity contribution in [3.8, 4) is 0 Å². The number of sulfonamides is 1. The van der Waals surface area contributed by atoms with Gasteiger partial charge in [0.1, 0.15) is 12.7 Å². The van der Waals surface area contributed by atoms with Gasteiger partial charge in [0, 0.05) is 0 Å². The quantitative estimate of drug-likeness (QED) is 0.717. The highest BCUT2D eigenvalue weighted by molar-refractivity contribution is 7.89. The molecule has 2 aromatic heterocycles. The molecule has 0 fully saturated rings. The Balaban J connectivity index is 2.18. The first kappa shape index (κ1) is 11.3. The second kappa shape index (κ2) is 3.99. The fourth-order valence-corrected chi connectivity index (χ4v) is 1.49. The van der Waals surface area contributed by atoms with E-state index in [0.717, 1.165) is 6.07 Å². The van der Waals surface area contributed by atoms with Gasteiger partial charge in [-0.05, 0) is 12.1 Å². The van der Waals surface area contributed by atoms with Crippen LogP contribution in [0.1, 0.15) is 10.6 Å². The third-order valence-electron chi connectivity index (χ3n) is 1.73. The van der Waals surface area contributed by atoms with Crippen molar-refractivity contribution >= 4 is 15.9 Å².